The van der Waals surface area contributed by atoms with Crippen molar-refractivity contribution < 1.29 is 10.2 Å². The number of hydrogen-bond acceptors (Lipinski definition) is 2. The monoisotopic (exact) mass is 346 g/mol. The fourth-order valence-electron chi connectivity index (χ4n) is 3.47. The van der Waals surface area contributed by atoms with Crippen LogP contribution in [0.15, 0.2) is 72.8 Å². The molecule has 0 spiro atoms. The van der Waals surface area contributed by atoms with Crippen LogP contribution in [-0.4, -0.2) is 10.2 Å². The summed E-state index contributed by atoms with van der Waals surface area (Å²) in [5.41, 5.74) is 6.30. The van der Waals surface area contributed by atoms with Crippen LogP contribution < -0.4 is 0 Å². The van der Waals surface area contributed by atoms with Gasteiger partial charge in [0.15, 0.2) is 0 Å². The predicted octanol–water partition coefficient (Wildman–Crippen LogP) is 4.86. The first kappa shape index (κ1) is 18.4. The van der Waals surface area contributed by atoms with E-state index in [4.69, 9.17) is 0 Å². The molecule has 0 aliphatic heterocycles. The van der Waals surface area contributed by atoms with Gasteiger partial charge < -0.3 is 10.2 Å². The van der Waals surface area contributed by atoms with Gasteiger partial charge in [-0.1, -0.05) is 72.8 Å². The normalized spacial score (nSPS) is 13.4. The molecule has 26 heavy (non-hydrogen) atoms. The van der Waals surface area contributed by atoms with E-state index in [1.54, 1.807) is 0 Å². The summed E-state index contributed by atoms with van der Waals surface area (Å²) >= 11 is 0. The van der Waals surface area contributed by atoms with E-state index >= 15 is 0 Å². The first-order valence-corrected chi connectivity index (χ1v) is 9.09. The van der Waals surface area contributed by atoms with Crippen LogP contribution in [0.4, 0.5) is 0 Å². The average molecular weight is 346 g/mol. The lowest BCUT2D eigenvalue weighted by molar-refractivity contribution is 0.176. The van der Waals surface area contributed by atoms with Crippen LogP contribution in [-0.2, 0) is 12.8 Å². The Morgan fingerprint density at radius 1 is 0.615 bits per heavy atom. The van der Waals surface area contributed by atoms with E-state index < -0.39 is 12.2 Å². The molecule has 2 nitrogen and oxygen atoms in total. The number of aliphatic hydroxyl groups excluding tert-OH is 2. The average Bonchev–Trinajstić information content (AvgIpc) is 2.62. The fraction of sp³-hybridized carbons (Fsp3) is 0.250. The van der Waals surface area contributed by atoms with Crippen LogP contribution in [0.1, 0.15) is 45.6 Å². The molecule has 0 bridgehead atoms. The molecule has 2 heteroatoms. The van der Waals surface area contributed by atoms with Gasteiger partial charge in [-0.3, -0.25) is 0 Å². The summed E-state index contributed by atoms with van der Waals surface area (Å²) in [4.78, 5) is 0. The predicted molar refractivity (Wildman–Crippen MR) is 106 cm³/mol. The highest BCUT2D eigenvalue weighted by Gasteiger charge is 2.13. The summed E-state index contributed by atoms with van der Waals surface area (Å²) in [5.74, 6) is 0. The second-order valence-electron chi connectivity index (χ2n) is 6.97. The van der Waals surface area contributed by atoms with Crippen molar-refractivity contribution in [3.63, 3.8) is 0 Å². The van der Waals surface area contributed by atoms with E-state index in [9.17, 15) is 10.2 Å². The van der Waals surface area contributed by atoms with Crippen LogP contribution in [0.5, 0.6) is 0 Å². The first-order chi connectivity index (χ1) is 12.5. The van der Waals surface area contributed by atoms with Gasteiger partial charge in [-0.2, -0.15) is 0 Å². The lowest BCUT2D eigenvalue weighted by Crippen LogP contribution is -2.06. The van der Waals surface area contributed by atoms with Gasteiger partial charge in [0.2, 0.25) is 0 Å². The van der Waals surface area contributed by atoms with Gasteiger partial charge in [-0.25, -0.2) is 0 Å². The van der Waals surface area contributed by atoms with Crippen LogP contribution in [0.2, 0.25) is 0 Å². The topological polar surface area (TPSA) is 40.5 Å². The maximum atomic E-state index is 10.6. The van der Waals surface area contributed by atoms with Gasteiger partial charge >= 0.3 is 0 Å². The SMILES string of the molecule is Cc1ccccc1C(O)Cc1cccc(CC(O)c2ccccc2C)c1. The van der Waals surface area contributed by atoms with Gasteiger partial charge in [-0.15, -0.1) is 0 Å². The summed E-state index contributed by atoms with van der Waals surface area (Å²) in [6, 6.07) is 24.0. The zero-order chi connectivity index (χ0) is 18.5. The second kappa shape index (κ2) is 8.31. The van der Waals surface area contributed by atoms with E-state index in [1.165, 1.54) is 0 Å². The van der Waals surface area contributed by atoms with Gasteiger partial charge in [0.05, 0.1) is 12.2 Å². The van der Waals surface area contributed by atoms with Crippen molar-refractivity contribution in [2.75, 3.05) is 0 Å². The molecular formula is C24H26O2. The lowest BCUT2D eigenvalue weighted by Gasteiger charge is -2.16. The molecule has 0 saturated carbocycles. The third kappa shape index (κ3) is 4.40. The van der Waals surface area contributed by atoms with Crippen LogP contribution >= 0.6 is 0 Å². The molecule has 0 heterocycles. The Hall–Kier alpha value is -2.42. The summed E-state index contributed by atoms with van der Waals surface area (Å²) in [6.07, 6.45) is 0.0960. The Kier molecular flexibility index (Phi) is 5.87. The van der Waals surface area contributed by atoms with Crippen LogP contribution in [0.3, 0.4) is 0 Å². The molecule has 3 aromatic rings. The molecule has 3 aromatic carbocycles. The molecule has 0 saturated heterocycles. The van der Waals surface area contributed by atoms with Gasteiger partial charge in [0.1, 0.15) is 0 Å². The minimum absolute atomic E-state index is 0.521. The Morgan fingerprint density at radius 3 is 1.46 bits per heavy atom. The van der Waals surface area contributed by atoms with Crippen molar-refractivity contribution in [1.82, 2.24) is 0 Å². The third-order valence-corrected chi connectivity index (χ3v) is 4.94. The largest absolute Gasteiger partial charge is 0.388 e. The molecule has 134 valence electrons. The second-order valence-corrected chi connectivity index (χ2v) is 6.97. The number of hydrogen-bond donors (Lipinski definition) is 2. The molecular weight excluding hydrogens is 320 g/mol. The quantitative estimate of drug-likeness (QED) is 0.669. The smallest absolute Gasteiger partial charge is 0.0832 e. The molecule has 2 unspecified atom stereocenters. The third-order valence-electron chi connectivity index (χ3n) is 4.94. The van der Waals surface area contributed by atoms with Crippen molar-refractivity contribution in [3.8, 4) is 0 Å². The van der Waals surface area contributed by atoms with E-state index in [-0.39, 0.29) is 0 Å². The zero-order valence-electron chi connectivity index (χ0n) is 15.4. The molecule has 0 aliphatic carbocycles. The molecule has 0 amide bonds. The number of aryl methyl sites for hydroxylation is 2. The lowest BCUT2D eigenvalue weighted by atomic mass is 9.94. The van der Waals surface area contributed by atoms with Crippen molar-refractivity contribution >= 4 is 0 Å². The number of rotatable bonds is 6. The van der Waals surface area contributed by atoms with Crippen LogP contribution in [0, 0.1) is 13.8 Å². The molecule has 2 N–H and O–H groups in total. The number of aliphatic hydroxyl groups is 2. The highest BCUT2D eigenvalue weighted by atomic mass is 16.3. The van der Waals surface area contributed by atoms with E-state index in [0.29, 0.717) is 12.8 Å². The van der Waals surface area contributed by atoms with E-state index in [2.05, 4.69) is 6.07 Å². The fourth-order valence-corrected chi connectivity index (χ4v) is 3.47. The first-order valence-electron chi connectivity index (χ1n) is 9.09. The van der Waals surface area contributed by atoms with Crippen LogP contribution in [0.25, 0.3) is 0 Å². The van der Waals surface area contributed by atoms with E-state index in [1.807, 2.05) is 80.6 Å². The Labute approximate surface area is 155 Å². The summed E-state index contributed by atoms with van der Waals surface area (Å²) in [6.45, 7) is 4.04. The zero-order valence-corrected chi connectivity index (χ0v) is 15.4. The minimum Gasteiger partial charge on any atom is -0.388 e. The summed E-state index contributed by atoms with van der Waals surface area (Å²) < 4.78 is 0. The molecule has 2 atom stereocenters. The van der Waals surface area contributed by atoms with Crippen molar-refractivity contribution in [2.24, 2.45) is 0 Å². The molecule has 0 radical (unpaired) electrons. The summed E-state index contributed by atoms with van der Waals surface area (Å²) in [7, 11) is 0. The van der Waals surface area contributed by atoms with Crippen molar-refractivity contribution in [2.45, 2.75) is 38.9 Å². The molecule has 0 fully saturated rings. The van der Waals surface area contributed by atoms with Crippen molar-refractivity contribution in [3.05, 3.63) is 106 Å². The standard InChI is InChI=1S/C24H26O2/c1-17-8-3-5-12-21(17)23(25)15-19-10-7-11-20(14-19)16-24(26)22-13-6-4-9-18(22)2/h3-14,23-26H,15-16H2,1-2H3. The molecule has 3 rings (SSSR count). The maximum absolute atomic E-state index is 10.6. The van der Waals surface area contributed by atoms with Gasteiger partial charge in [0, 0.05) is 12.8 Å². The highest BCUT2D eigenvalue weighted by Crippen LogP contribution is 2.24. The molecule has 0 aromatic heterocycles. The summed E-state index contributed by atoms with van der Waals surface area (Å²) in [5, 5.41) is 21.2. The van der Waals surface area contributed by atoms with Crippen molar-refractivity contribution in [1.29, 1.82) is 0 Å². The van der Waals surface area contributed by atoms with E-state index in [0.717, 1.165) is 33.4 Å². The minimum atomic E-state index is -0.521. The molecule has 0 aliphatic rings. The Bertz CT molecular complexity index is 801. The maximum Gasteiger partial charge on any atom is 0.0832 e. The van der Waals surface area contributed by atoms with Gasteiger partial charge in [-0.05, 0) is 47.2 Å². The Balaban J connectivity index is 1.72. The highest BCUT2D eigenvalue weighted by molar-refractivity contribution is 5.33. The number of benzene rings is 3. The Morgan fingerprint density at radius 2 is 1.04 bits per heavy atom. The van der Waals surface area contributed by atoms with Gasteiger partial charge in [0.25, 0.3) is 0 Å².